The predicted octanol–water partition coefficient (Wildman–Crippen LogP) is 3.99. The predicted molar refractivity (Wildman–Crippen MR) is 119 cm³/mol. The van der Waals surface area contributed by atoms with Crippen LogP contribution in [0.25, 0.3) is 11.4 Å². The van der Waals surface area contributed by atoms with Gasteiger partial charge in [-0.3, -0.25) is 14.6 Å². The van der Waals surface area contributed by atoms with Crippen molar-refractivity contribution in [1.82, 2.24) is 20.0 Å². The molecule has 8 nitrogen and oxygen atoms in total. The first kappa shape index (κ1) is 22.5. The lowest BCUT2D eigenvalue weighted by Crippen LogP contribution is -2.17. The van der Waals surface area contributed by atoms with Crippen LogP contribution in [0, 0.1) is 11.6 Å². The summed E-state index contributed by atoms with van der Waals surface area (Å²) in [7, 11) is 2.67. The van der Waals surface area contributed by atoms with Gasteiger partial charge in [-0.2, -0.15) is 10.2 Å². The number of benzene rings is 1. The van der Waals surface area contributed by atoms with Gasteiger partial charge in [-0.15, -0.1) is 0 Å². The van der Waals surface area contributed by atoms with Gasteiger partial charge in [-0.25, -0.2) is 8.78 Å². The van der Waals surface area contributed by atoms with Crippen molar-refractivity contribution in [2.24, 2.45) is 0 Å². The molecule has 1 aliphatic carbocycles. The van der Waals surface area contributed by atoms with Gasteiger partial charge in [0.15, 0.2) is 23.1 Å². The van der Waals surface area contributed by atoms with E-state index in [-0.39, 0.29) is 23.0 Å². The number of aromatic nitrogens is 4. The largest absolute Gasteiger partial charge is 0.494 e. The maximum absolute atomic E-state index is 15.0. The summed E-state index contributed by atoms with van der Waals surface area (Å²) in [6, 6.07) is 1.21. The molecule has 33 heavy (non-hydrogen) atoms. The summed E-state index contributed by atoms with van der Waals surface area (Å²) in [5.74, 6) is -2.34. The van der Waals surface area contributed by atoms with E-state index in [2.05, 4.69) is 27.2 Å². The van der Waals surface area contributed by atoms with Crippen molar-refractivity contribution in [3.05, 3.63) is 53.4 Å². The number of halogens is 2. The van der Waals surface area contributed by atoms with Crippen LogP contribution in [0.5, 0.6) is 11.5 Å². The first-order chi connectivity index (χ1) is 15.9. The third-order valence-electron chi connectivity index (χ3n) is 5.97. The Bertz CT molecular complexity index is 1190. The number of aromatic amines is 1. The summed E-state index contributed by atoms with van der Waals surface area (Å²) in [6.07, 6.45) is 4.15. The SMILES string of the molecule is C=CC(=O)Nc1cnn(CC)c1-c1n[nH]c2c1CC[C@H](c1c(F)c(OC)cc(OC)c1F)C2. The van der Waals surface area contributed by atoms with Gasteiger partial charge < -0.3 is 14.8 Å². The summed E-state index contributed by atoms with van der Waals surface area (Å²) >= 11 is 0. The zero-order valence-electron chi connectivity index (χ0n) is 18.7. The standard InChI is InChI=1S/C23H25F2N5O3/c1-5-18(31)27-15-11-26-30(6-2)23(15)22-13-8-7-12(9-14(13)28-29-22)19-20(24)16(32-3)10-17(33-4)21(19)25/h5,10-12H,1,6-9H2,2-4H3,(H,27,31)(H,28,29)/t12-/m0/s1. The van der Waals surface area contributed by atoms with Gasteiger partial charge in [0.1, 0.15) is 11.4 Å². The van der Waals surface area contributed by atoms with Gasteiger partial charge in [0.05, 0.1) is 26.1 Å². The number of carbonyl (C=O) groups is 1. The normalized spacial score (nSPS) is 15.1. The average Bonchev–Trinajstić information content (AvgIpc) is 3.42. The van der Waals surface area contributed by atoms with Crippen LogP contribution in [0.2, 0.25) is 0 Å². The number of nitrogens with zero attached hydrogens (tertiary/aromatic N) is 3. The number of anilines is 1. The molecule has 0 spiro atoms. The molecular formula is C23H25F2N5O3. The second-order valence-corrected chi connectivity index (χ2v) is 7.71. The molecular weight excluding hydrogens is 432 g/mol. The van der Waals surface area contributed by atoms with E-state index in [0.717, 1.165) is 11.3 Å². The van der Waals surface area contributed by atoms with Crippen LogP contribution in [0.4, 0.5) is 14.5 Å². The minimum Gasteiger partial charge on any atom is -0.494 e. The molecule has 2 aromatic heterocycles. The molecule has 1 amide bonds. The van der Waals surface area contributed by atoms with Crippen LogP contribution in [0.3, 0.4) is 0 Å². The zero-order chi connectivity index (χ0) is 23.7. The van der Waals surface area contributed by atoms with E-state index in [9.17, 15) is 4.79 Å². The Kier molecular flexibility index (Phi) is 6.17. The van der Waals surface area contributed by atoms with Crippen molar-refractivity contribution in [1.29, 1.82) is 0 Å². The number of hydrogen-bond acceptors (Lipinski definition) is 5. The molecule has 4 rings (SSSR count). The lowest BCUT2D eigenvalue weighted by Gasteiger charge is -2.25. The Morgan fingerprint density at radius 1 is 1.33 bits per heavy atom. The number of aryl methyl sites for hydroxylation is 1. The molecule has 0 fully saturated rings. The summed E-state index contributed by atoms with van der Waals surface area (Å²) in [5, 5.41) is 14.6. The average molecular weight is 457 g/mol. The van der Waals surface area contributed by atoms with Crippen molar-refractivity contribution >= 4 is 11.6 Å². The Hall–Kier alpha value is -3.69. The smallest absolute Gasteiger partial charge is 0.247 e. The number of carbonyl (C=O) groups excluding carboxylic acids is 1. The quantitative estimate of drug-likeness (QED) is 0.524. The van der Waals surface area contributed by atoms with E-state index in [1.54, 1.807) is 10.9 Å². The second-order valence-electron chi connectivity index (χ2n) is 7.71. The van der Waals surface area contributed by atoms with Crippen LogP contribution in [-0.2, 0) is 24.2 Å². The van der Waals surface area contributed by atoms with Crippen molar-refractivity contribution in [2.45, 2.75) is 38.6 Å². The van der Waals surface area contributed by atoms with Crippen LogP contribution in [-0.4, -0.2) is 40.1 Å². The fourth-order valence-electron chi connectivity index (χ4n) is 4.36. The Morgan fingerprint density at radius 3 is 2.64 bits per heavy atom. The number of rotatable bonds is 7. The third-order valence-corrected chi connectivity index (χ3v) is 5.97. The maximum Gasteiger partial charge on any atom is 0.247 e. The highest BCUT2D eigenvalue weighted by Crippen LogP contribution is 2.42. The fraction of sp³-hybridized carbons (Fsp3) is 0.348. The highest BCUT2D eigenvalue weighted by atomic mass is 19.1. The van der Waals surface area contributed by atoms with Crippen molar-refractivity contribution in [3.8, 4) is 22.9 Å². The van der Waals surface area contributed by atoms with Crippen LogP contribution < -0.4 is 14.8 Å². The molecule has 0 radical (unpaired) electrons. The van der Waals surface area contributed by atoms with Crippen LogP contribution in [0.1, 0.15) is 36.1 Å². The first-order valence-electron chi connectivity index (χ1n) is 10.6. The van der Waals surface area contributed by atoms with E-state index < -0.39 is 17.6 Å². The number of amides is 1. The Labute approximate surface area is 189 Å². The molecule has 3 aromatic rings. The first-order valence-corrected chi connectivity index (χ1v) is 10.6. The molecule has 10 heteroatoms. The van der Waals surface area contributed by atoms with E-state index in [1.807, 2.05) is 6.92 Å². The number of nitrogens with one attached hydrogen (secondary N) is 2. The van der Waals surface area contributed by atoms with Gasteiger partial charge >= 0.3 is 0 Å². The van der Waals surface area contributed by atoms with E-state index in [1.165, 1.54) is 26.4 Å². The Balaban J connectivity index is 1.72. The minimum absolute atomic E-state index is 0.0504. The number of methoxy groups -OCH3 is 2. The molecule has 2 N–H and O–H groups in total. The van der Waals surface area contributed by atoms with Crippen LogP contribution in [0.15, 0.2) is 24.9 Å². The summed E-state index contributed by atoms with van der Waals surface area (Å²) in [4.78, 5) is 11.9. The summed E-state index contributed by atoms with van der Waals surface area (Å²) in [5.41, 5.74) is 3.52. The molecule has 2 heterocycles. The highest BCUT2D eigenvalue weighted by Gasteiger charge is 2.33. The highest BCUT2D eigenvalue weighted by molar-refractivity contribution is 6.01. The summed E-state index contributed by atoms with van der Waals surface area (Å²) < 4.78 is 42.0. The Morgan fingerprint density at radius 2 is 2.03 bits per heavy atom. The molecule has 0 bridgehead atoms. The summed E-state index contributed by atoms with van der Waals surface area (Å²) in [6.45, 7) is 5.99. The maximum atomic E-state index is 15.0. The molecule has 0 aliphatic heterocycles. The number of hydrogen-bond donors (Lipinski definition) is 2. The van der Waals surface area contributed by atoms with Gasteiger partial charge in [-0.05, 0) is 38.2 Å². The van der Waals surface area contributed by atoms with E-state index in [4.69, 9.17) is 9.47 Å². The molecule has 1 aromatic carbocycles. The lowest BCUT2D eigenvalue weighted by atomic mass is 9.81. The van der Waals surface area contributed by atoms with Crippen molar-refractivity contribution in [2.75, 3.05) is 19.5 Å². The monoisotopic (exact) mass is 457 g/mol. The van der Waals surface area contributed by atoms with E-state index >= 15 is 8.78 Å². The lowest BCUT2D eigenvalue weighted by molar-refractivity contribution is -0.111. The van der Waals surface area contributed by atoms with Gasteiger partial charge in [0.2, 0.25) is 5.91 Å². The zero-order valence-corrected chi connectivity index (χ0v) is 18.7. The van der Waals surface area contributed by atoms with Crippen LogP contribution >= 0.6 is 0 Å². The molecule has 0 saturated heterocycles. The van der Waals surface area contributed by atoms with Gasteiger partial charge in [-0.1, -0.05) is 6.58 Å². The minimum atomic E-state index is -0.720. The topological polar surface area (TPSA) is 94.1 Å². The van der Waals surface area contributed by atoms with Gasteiger partial charge in [0, 0.05) is 29.4 Å². The van der Waals surface area contributed by atoms with Gasteiger partial charge in [0.25, 0.3) is 0 Å². The molecule has 0 saturated carbocycles. The fourth-order valence-corrected chi connectivity index (χ4v) is 4.36. The molecule has 1 atom stereocenters. The third kappa shape index (κ3) is 3.85. The number of ether oxygens (including phenoxy) is 2. The number of fused-ring (bicyclic) bond motifs is 1. The van der Waals surface area contributed by atoms with E-state index in [0.29, 0.717) is 42.9 Å². The molecule has 0 unspecified atom stereocenters. The van der Waals surface area contributed by atoms with Crippen molar-refractivity contribution in [3.63, 3.8) is 0 Å². The number of H-pyrrole nitrogens is 1. The van der Waals surface area contributed by atoms with Crippen molar-refractivity contribution < 1.29 is 23.0 Å². The molecule has 1 aliphatic rings. The molecule has 174 valence electrons. The second kappa shape index (κ2) is 9.05.